The summed E-state index contributed by atoms with van der Waals surface area (Å²) in [5, 5.41) is 8.89. The van der Waals surface area contributed by atoms with Crippen LogP contribution in [0, 0.1) is 0 Å². The van der Waals surface area contributed by atoms with Crippen LogP contribution >= 0.6 is 35.0 Å². The molecule has 204 valence electrons. The van der Waals surface area contributed by atoms with Gasteiger partial charge in [0.15, 0.2) is 5.75 Å². The molecule has 3 amide bonds. The molecule has 0 radical (unpaired) electrons. The quantitative estimate of drug-likeness (QED) is 0.339. The number of rotatable bonds is 7. The fourth-order valence-electron chi connectivity index (χ4n) is 4.43. The summed E-state index contributed by atoms with van der Waals surface area (Å²) in [5.41, 5.74) is 3.63. The van der Waals surface area contributed by atoms with Gasteiger partial charge in [0.2, 0.25) is 5.91 Å². The molecular weight excluding hydrogens is 575 g/mol. The zero-order valence-corrected chi connectivity index (χ0v) is 23.3. The number of nitrogens with zero attached hydrogens (tertiary/aromatic N) is 2. The first-order valence-corrected chi connectivity index (χ1v) is 13.8. The minimum atomic E-state index is -1.02. The average Bonchev–Trinajstić information content (AvgIpc) is 3.19. The van der Waals surface area contributed by atoms with E-state index in [0.29, 0.717) is 18.7 Å². The van der Waals surface area contributed by atoms with Gasteiger partial charge in [-0.3, -0.25) is 19.3 Å². The Hall–Kier alpha value is -3.79. The fourth-order valence-corrected chi connectivity index (χ4v) is 5.88. The van der Waals surface area contributed by atoms with Gasteiger partial charge in [-0.05, 0) is 70.8 Å². The highest BCUT2D eigenvalue weighted by Gasteiger charge is 2.37. The Labute approximate surface area is 244 Å². The van der Waals surface area contributed by atoms with Crippen molar-refractivity contribution in [2.24, 2.45) is 0 Å². The molecule has 8 nitrogen and oxygen atoms in total. The van der Waals surface area contributed by atoms with Crippen LogP contribution in [-0.2, 0) is 29.2 Å². The molecule has 0 bridgehead atoms. The Kier molecular flexibility index (Phi) is 8.16. The van der Waals surface area contributed by atoms with Crippen molar-refractivity contribution in [1.82, 2.24) is 9.80 Å². The lowest BCUT2D eigenvalue weighted by atomic mass is 10.00. The number of carbonyl (C=O) groups is 4. The summed E-state index contributed by atoms with van der Waals surface area (Å²) in [6.45, 7) is 0.751. The predicted octanol–water partition coefficient (Wildman–Crippen LogP) is 5.89. The van der Waals surface area contributed by atoms with Crippen molar-refractivity contribution in [1.29, 1.82) is 0 Å². The highest BCUT2D eigenvalue weighted by atomic mass is 35.5. The highest BCUT2D eigenvalue weighted by molar-refractivity contribution is 8.18. The van der Waals surface area contributed by atoms with E-state index in [1.807, 2.05) is 24.3 Å². The monoisotopic (exact) mass is 596 g/mol. The van der Waals surface area contributed by atoms with Gasteiger partial charge in [0.05, 0.1) is 20.5 Å². The number of aromatic carboxylic acids is 1. The molecule has 3 aromatic carbocycles. The highest BCUT2D eigenvalue weighted by Crippen LogP contribution is 2.38. The van der Waals surface area contributed by atoms with E-state index < -0.39 is 17.1 Å². The van der Waals surface area contributed by atoms with Crippen molar-refractivity contribution in [3.05, 3.63) is 103 Å². The summed E-state index contributed by atoms with van der Waals surface area (Å²) in [6, 6.07) is 17.2. The van der Waals surface area contributed by atoms with Gasteiger partial charge in [0, 0.05) is 13.1 Å². The molecule has 3 aromatic rings. The molecule has 2 aliphatic rings. The van der Waals surface area contributed by atoms with Gasteiger partial charge in [-0.2, -0.15) is 0 Å². The molecule has 5 rings (SSSR count). The fraction of sp³-hybridized carbons (Fsp3) is 0.172. The third kappa shape index (κ3) is 6.01. The van der Waals surface area contributed by atoms with Gasteiger partial charge in [-0.15, -0.1) is 0 Å². The third-order valence-corrected chi connectivity index (χ3v) is 8.02. The van der Waals surface area contributed by atoms with E-state index in [9.17, 15) is 19.2 Å². The summed E-state index contributed by atoms with van der Waals surface area (Å²) >= 11 is 13.6. The number of thioether (sulfide) groups is 1. The first-order chi connectivity index (χ1) is 19.2. The Bertz CT molecular complexity index is 1530. The van der Waals surface area contributed by atoms with E-state index in [0.717, 1.165) is 34.2 Å². The molecule has 11 heteroatoms. The Morgan fingerprint density at radius 3 is 2.35 bits per heavy atom. The SMILES string of the molecule is O=C(O)c1ccc(COc2c(Cl)cc(/C=C3\SC(=O)N(CC(=O)N4CCc5ccccc5C4)C3=O)cc2Cl)cc1. The number of halogens is 2. The molecule has 2 aliphatic heterocycles. The van der Waals surface area contributed by atoms with Gasteiger partial charge < -0.3 is 14.7 Å². The minimum Gasteiger partial charge on any atom is -0.486 e. The second kappa shape index (κ2) is 11.8. The number of amides is 3. The van der Waals surface area contributed by atoms with E-state index in [1.165, 1.54) is 23.8 Å². The zero-order chi connectivity index (χ0) is 28.4. The van der Waals surface area contributed by atoms with Crippen LogP contribution in [0.25, 0.3) is 6.08 Å². The molecule has 0 aliphatic carbocycles. The molecule has 0 atom stereocenters. The van der Waals surface area contributed by atoms with Crippen molar-refractivity contribution < 1.29 is 29.0 Å². The van der Waals surface area contributed by atoms with Crippen molar-refractivity contribution in [2.45, 2.75) is 19.6 Å². The summed E-state index contributed by atoms with van der Waals surface area (Å²) < 4.78 is 5.75. The van der Waals surface area contributed by atoms with E-state index in [1.54, 1.807) is 29.2 Å². The van der Waals surface area contributed by atoms with Gasteiger partial charge >= 0.3 is 5.97 Å². The van der Waals surface area contributed by atoms with Crippen molar-refractivity contribution >= 4 is 64.1 Å². The standard InChI is InChI=1S/C29H22Cl2N2O6S/c30-22-11-18(12-23(31)26(22)39-16-17-5-7-20(8-6-17)28(36)37)13-24-27(35)33(29(38)40-24)15-25(34)32-10-9-19-3-1-2-4-21(19)14-32/h1-8,11-13H,9-10,14-16H2,(H,36,37)/b24-13-. The van der Waals surface area contributed by atoms with E-state index in [2.05, 4.69) is 0 Å². The predicted molar refractivity (Wildman–Crippen MR) is 152 cm³/mol. The molecule has 0 unspecified atom stereocenters. The first-order valence-electron chi connectivity index (χ1n) is 12.2. The maximum Gasteiger partial charge on any atom is 0.335 e. The lowest BCUT2D eigenvalue weighted by Gasteiger charge is -2.29. The zero-order valence-electron chi connectivity index (χ0n) is 20.9. The molecule has 0 spiro atoms. The number of benzene rings is 3. The number of carboxylic acids is 1. The van der Waals surface area contributed by atoms with Gasteiger partial charge in [0.25, 0.3) is 11.1 Å². The average molecular weight is 597 g/mol. The van der Waals surface area contributed by atoms with Gasteiger partial charge in [-0.1, -0.05) is 59.6 Å². The number of carbonyl (C=O) groups excluding carboxylic acids is 3. The lowest BCUT2D eigenvalue weighted by Crippen LogP contribution is -2.44. The topological polar surface area (TPSA) is 104 Å². The van der Waals surface area contributed by atoms with Crippen LogP contribution in [0.4, 0.5) is 4.79 Å². The van der Waals surface area contributed by atoms with Gasteiger partial charge in [-0.25, -0.2) is 4.79 Å². The van der Waals surface area contributed by atoms with Crippen molar-refractivity contribution in [2.75, 3.05) is 13.1 Å². The summed E-state index contributed by atoms with van der Waals surface area (Å²) in [7, 11) is 0. The third-order valence-electron chi connectivity index (χ3n) is 6.55. The maximum absolute atomic E-state index is 13.0. The summed E-state index contributed by atoms with van der Waals surface area (Å²) in [6.07, 6.45) is 2.22. The molecular formula is C29H22Cl2N2O6S. The number of imide groups is 1. The Morgan fingerprint density at radius 1 is 1.00 bits per heavy atom. The molecule has 0 saturated carbocycles. The molecule has 40 heavy (non-hydrogen) atoms. The van der Waals surface area contributed by atoms with Crippen LogP contribution in [0.5, 0.6) is 5.75 Å². The second-order valence-electron chi connectivity index (χ2n) is 9.21. The van der Waals surface area contributed by atoms with Crippen LogP contribution in [0.3, 0.4) is 0 Å². The lowest BCUT2D eigenvalue weighted by molar-refractivity contribution is -0.136. The number of ether oxygens (including phenoxy) is 1. The largest absolute Gasteiger partial charge is 0.486 e. The number of hydrogen-bond acceptors (Lipinski definition) is 6. The molecule has 1 saturated heterocycles. The molecule has 2 heterocycles. The molecule has 1 fully saturated rings. The van der Waals surface area contributed by atoms with Gasteiger partial charge in [0.1, 0.15) is 13.2 Å². The van der Waals surface area contributed by atoms with Crippen molar-refractivity contribution in [3.63, 3.8) is 0 Å². The Balaban J connectivity index is 1.24. The summed E-state index contributed by atoms with van der Waals surface area (Å²) in [4.78, 5) is 52.4. The number of hydrogen-bond donors (Lipinski definition) is 1. The van der Waals surface area contributed by atoms with E-state index in [-0.39, 0.29) is 45.3 Å². The van der Waals surface area contributed by atoms with E-state index >= 15 is 0 Å². The Morgan fingerprint density at radius 2 is 1.68 bits per heavy atom. The number of carboxylic acid groups (broad SMARTS) is 1. The molecule has 0 aromatic heterocycles. The summed E-state index contributed by atoms with van der Waals surface area (Å²) in [5.74, 6) is -1.64. The number of fused-ring (bicyclic) bond motifs is 1. The van der Waals surface area contributed by atoms with Crippen LogP contribution in [0.15, 0.2) is 65.6 Å². The van der Waals surface area contributed by atoms with Crippen LogP contribution in [0.1, 0.15) is 32.6 Å². The first kappa shape index (κ1) is 27.8. The van der Waals surface area contributed by atoms with Crippen LogP contribution < -0.4 is 4.74 Å². The second-order valence-corrected chi connectivity index (χ2v) is 11.0. The maximum atomic E-state index is 13.0. The van der Waals surface area contributed by atoms with E-state index in [4.69, 9.17) is 33.0 Å². The van der Waals surface area contributed by atoms with Crippen LogP contribution in [0.2, 0.25) is 10.0 Å². The molecule has 1 N–H and O–H groups in total. The minimum absolute atomic E-state index is 0.105. The van der Waals surface area contributed by atoms with Crippen LogP contribution in [-0.4, -0.2) is 51.0 Å². The normalized spacial score (nSPS) is 15.9. The van der Waals surface area contributed by atoms with Crippen molar-refractivity contribution in [3.8, 4) is 5.75 Å². The smallest absolute Gasteiger partial charge is 0.335 e.